The van der Waals surface area contributed by atoms with Crippen molar-refractivity contribution < 1.29 is 19.9 Å². The zero-order valence-corrected chi connectivity index (χ0v) is 8.53. The van der Waals surface area contributed by atoms with Crippen molar-refractivity contribution >= 4 is 11.5 Å². The number of rotatable bonds is 4. The van der Waals surface area contributed by atoms with Crippen LogP contribution in [0.2, 0.25) is 0 Å². The van der Waals surface area contributed by atoms with Crippen LogP contribution in [0.15, 0.2) is 24.3 Å². The number of Topliss-reactive ketones (excluding diaryl/α,β-unsaturated/α-hetero) is 1. The summed E-state index contributed by atoms with van der Waals surface area (Å²) in [5.74, 6) is -0.648. The van der Waals surface area contributed by atoms with Crippen molar-refractivity contribution in [1.29, 1.82) is 0 Å². The summed E-state index contributed by atoms with van der Waals surface area (Å²) in [6.45, 7) is 1.10. The Morgan fingerprint density at radius 3 is 2.44 bits per heavy atom. The molecule has 1 aromatic carbocycles. The normalized spacial score (nSPS) is 14.2. The number of carbonyl (C=O) groups excluding carboxylic acids is 1. The molecule has 0 unspecified atom stereocenters. The first-order chi connectivity index (χ1) is 7.45. The first-order valence-corrected chi connectivity index (χ1v) is 4.55. The average Bonchev–Trinajstić information content (AvgIpc) is 2.26. The van der Waals surface area contributed by atoms with Gasteiger partial charge in [0.1, 0.15) is 12.2 Å². The fraction of sp³-hybridized carbons (Fsp3) is 0.300. The first-order valence-electron chi connectivity index (χ1n) is 4.55. The summed E-state index contributed by atoms with van der Waals surface area (Å²) in [5, 5.41) is 29.6. The second kappa shape index (κ2) is 4.82. The van der Waals surface area contributed by atoms with E-state index in [1.54, 1.807) is 0 Å². The Labute approximate surface area is 91.3 Å². The lowest BCUT2D eigenvalue weighted by molar-refractivity contribution is -0.386. The molecule has 0 saturated carbocycles. The minimum Gasteiger partial charge on any atom is -0.385 e. The monoisotopic (exact) mass is 225 g/mol. The van der Waals surface area contributed by atoms with E-state index in [4.69, 9.17) is 0 Å². The zero-order valence-electron chi connectivity index (χ0n) is 8.53. The van der Waals surface area contributed by atoms with Gasteiger partial charge in [-0.2, -0.15) is 0 Å². The van der Waals surface area contributed by atoms with Gasteiger partial charge in [-0.25, -0.2) is 0 Å². The summed E-state index contributed by atoms with van der Waals surface area (Å²) in [4.78, 5) is 20.8. The molecule has 0 fully saturated rings. The predicted octanol–water partition coefficient (Wildman–Crippen LogP) is 0.578. The highest BCUT2D eigenvalue weighted by Crippen LogP contribution is 2.27. The van der Waals surface area contributed by atoms with E-state index in [-0.39, 0.29) is 11.3 Å². The van der Waals surface area contributed by atoms with Gasteiger partial charge in [0.2, 0.25) is 0 Å². The minimum absolute atomic E-state index is 0.0739. The number of aliphatic hydroxyl groups is 2. The maximum absolute atomic E-state index is 10.9. The maximum Gasteiger partial charge on any atom is 0.275 e. The first kappa shape index (κ1) is 12.3. The van der Waals surface area contributed by atoms with Crippen molar-refractivity contribution in [1.82, 2.24) is 0 Å². The van der Waals surface area contributed by atoms with Gasteiger partial charge in [0, 0.05) is 6.07 Å². The number of nitro groups is 1. The summed E-state index contributed by atoms with van der Waals surface area (Å²) in [6.07, 6.45) is -3.24. The van der Waals surface area contributed by atoms with Crippen molar-refractivity contribution in [2.24, 2.45) is 0 Å². The molecule has 2 N–H and O–H groups in total. The maximum atomic E-state index is 10.9. The number of hydrogen-bond acceptors (Lipinski definition) is 5. The van der Waals surface area contributed by atoms with Gasteiger partial charge in [-0.05, 0) is 13.0 Å². The molecule has 0 saturated heterocycles. The Morgan fingerprint density at radius 2 is 1.94 bits per heavy atom. The molecular weight excluding hydrogens is 214 g/mol. The second-order valence-corrected chi connectivity index (χ2v) is 3.32. The van der Waals surface area contributed by atoms with Gasteiger partial charge in [0.05, 0.1) is 10.5 Å². The van der Waals surface area contributed by atoms with Crippen molar-refractivity contribution in [3.8, 4) is 0 Å². The van der Waals surface area contributed by atoms with E-state index in [2.05, 4.69) is 0 Å². The van der Waals surface area contributed by atoms with Crippen LogP contribution in [0.5, 0.6) is 0 Å². The molecule has 0 heterocycles. The Bertz CT molecular complexity index is 417. The van der Waals surface area contributed by atoms with Gasteiger partial charge in [0.25, 0.3) is 5.69 Å². The van der Waals surface area contributed by atoms with Gasteiger partial charge >= 0.3 is 0 Å². The lowest BCUT2D eigenvalue weighted by atomic mass is 10.0. The third-order valence-corrected chi connectivity index (χ3v) is 2.17. The molecule has 0 aromatic heterocycles. The van der Waals surface area contributed by atoms with Crippen LogP contribution in [0, 0.1) is 10.1 Å². The second-order valence-electron chi connectivity index (χ2n) is 3.32. The molecule has 6 nitrogen and oxygen atoms in total. The van der Waals surface area contributed by atoms with Gasteiger partial charge < -0.3 is 10.2 Å². The van der Waals surface area contributed by atoms with E-state index in [9.17, 15) is 25.1 Å². The van der Waals surface area contributed by atoms with Crippen LogP contribution in [0.25, 0.3) is 0 Å². The summed E-state index contributed by atoms with van der Waals surface area (Å²) < 4.78 is 0. The molecule has 6 heteroatoms. The van der Waals surface area contributed by atoms with Gasteiger partial charge in [-0.15, -0.1) is 0 Å². The largest absolute Gasteiger partial charge is 0.385 e. The van der Waals surface area contributed by atoms with Gasteiger partial charge in [-0.1, -0.05) is 12.1 Å². The van der Waals surface area contributed by atoms with Crippen LogP contribution in [-0.4, -0.2) is 27.0 Å². The number of nitro benzene ring substituents is 1. The molecule has 0 aliphatic rings. The van der Waals surface area contributed by atoms with Crippen molar-refractivity contribution in [3.63, 3.8) is 0 Å². The minimum atomic E-state index is -1.65. The third kappa shape index (κ3) is 2.41. The highest BCUT2D eigenvalue weighted by molar-refractivity contribution is 5.81. The molecule has 2 atom stereocenters. The van der Waals surface area contributed by atoms with E-state index in [0.717, 1.165) is 6.92 Å². The standard InChI is InChI=1S/C10H11NO5/c1-6(12)9(13)10(14)7-4-2-3-5-8(7)11(15)16/h2-5,9-10,13-14H,1H3/t9-,10-/m1/s1. The molecule has 1 aromatic rings. The lowest BCUT2D eigenvalue weighted by Gasteiger charge is -2.15. The average molecular weight is 225 g/mol. The molecule has 16 heavy (non-hydrogen) atoms. The quantitative estimate of drug-likeness (QED) is 0.576. The Morgan fingerprint density at radius 1 is 1.38 bits per heavy atom. The zero-order chi connectivity index (χ0) is 12.3. The van der Waals surface area contributed by atoms with Crippen LogP contribution >= 0.6 is 0 Å². The molecule has 0 aliphatic carbocycles. The SMILES string of the molecule is CC(=O)[C@@H](O)[C@H](O)c1ccccc1[N+](=O)[O-]. The number of ketones is 1. The number of carbonyl (C=O) groups is 1. The van der Waals surface area contributed by atoms with Crippen LogP contribution in [0.3, 0.4) is 0 Å². The van der Waals surface area contributed by atoms with E-state index < -0.39 is 22.9 Å². The molecule has 0 spiro atoms. The highest BCUT2D eigenvalue weighted by Gasteiger charge is 2.28. The molecule has 86 valence electrons. The van der Waals surface area contributed by atoms with Crippen molar-refractivity contribution in [2.75, 3.05) is 0 Å². The van der Waals surface area contributed by atoms with E-state index >= 15 is 0 Å². The van der Waals surface area contributed by atoms with Crippen molar-refractivity contribution in [2.45, 2.75) is 19.1 Å². The number of benzene rings is 1. The molecule has 0 aliphatic heterocycles. The Hall–Kier alpha value is -1.79. The highest BCUT2D eigenvalue weighted by atomic mass is 16.6. The molecule has 1 rings (SSSR count). The summed E-state index contributed by atoms with van der Waals surface area (Å²) >= 11 is 0. The third-order valence-electron chi connectivity index (χ3n) is 2.17. The van der Waals surface area contributed by atoms with E-state index in [1.807, 2.05) is 0 Å². The number of nitrogens with zero attached hydrogens (tertiary/aromatic N) is 1. The van der Waals surface area contributed by atoms with Crippen LogP contribution in [0.1, 0.15) is 18.6 Å². The summed E-state index contributed by atoms with van der Waals surface area (Å²) in [5.41, 5.74) is -0.398. The van der Waals surface area contributed by atoms with E-state index in [1.165, 1.54) is 24.3 Å². The fourth-order valence-electron chi connectivity index (χ4n) is 1.30. The molecular formula is C10H11NO5. The van der Waals surface area contributed by atoms with Gasteiger partial charge in [-0.3, -0.25) is 14.9 Å². The van der Waals surface area contributed by atoms with Crippen molar-refractivity contribution in [3.05, 3.63) is 39.9 Å². The molecule has 0 radical (unpaired) electrons. The Balaban J connectivity index is 3.12. The lowest BCUT2D eigenvalue weighted by Crippen LogP contribution is -2.26. The molecule has 0 amide bonds. The predicted molar refractivity (Wildman–Crippen MR) is 54.7 cm³/mol. The molecule has 0 bridgehead atoms. The number of aliphatic hydroxyl groups excluding tert-OH is 2. The smallest absolute Gasteiger partial charge is 0.275 e. The number of para-hydroxylation sites is 1. The van der Waals surface area contributed by atoms with Gasteiger partial charge in [0.15, 0.2) is 5.78 Å². The van der Waals surface area contributed by atoms with Crippen LogP contribution in [0.4, 0.5) is 5.69 Å². The summed E-state index contributed by atoms with van der Waals surface area (Å²) in [6, 6.07) is 5.42. The number of hydrogen-bond donors (Lipinski definition) is 2. The summed E-state index contributed by atoms with van der Waals surface area (Å²) in [7, 11) is 0. The van der Waals surface area contributed by atoms with Crippen LogP contribution < -0.4 is 0 Å². The topological polar surface area (TPSA) is 101 Å². The Kier molecular flexibility index (Phi) is 3.70. The van der Waals surface area contributed by atoms with E-state index in [0.29, 0.717) is 0 Å². The van der Waals surface area contributed by atoms with Crippen LogP contribution in [-0.2, 0) is 4.79 Å². The fourth-order valence-corrected chi connectivity index (χ4v) is 1.30.